The van der Waals surface area contributed by atoms with Crippen molar-refractivity contribution in [3.63, 3.8) is 0 Å². The van der Waals surface area contributed by atoms with Gasteiger partial charge >= 0.3 is 6.03 Å². The molecule has 1 fully saturated rings. The van der Waals surface area contributed by atoms with Crippen molar-refractivity contribution in [2.45, 2.75) is 32.4 Å². The molecule has 7 heteroatoms. The smallest absolute Gasteiger partial charge is 0.325 e. The first-order valence-corrected chi connectivity index (χ1v) is 6.19. The van der Waals surface area contributed by atoms with Crippen LogP contribution >= 0.6 is 0 Å². The van der Waals surface area contributed by atoms with Crippen molar-refractivity contribution in [3.05, 3.63) is 23.9 Å². The predicted octanol–water partition coefficient (Wildman–Crippen LogP) is 0.588. The van der Waals surface area contributed by atoms with Crippen LogP contribution in [0, 0.1) is 0 Å². The number of hydrogen-bond acceptors (Lipinski definition) is 5. The second-order valence-electron chi connectivity index (χ2n) is 4.41. The SMILES string of the molecule is CCCC1NC(=O)N(Cc2ccc(NN)nc2)C1=O. The minimum atomic E-state index is -0.393. The topological polar surface area (TPSA) is 100 Å². The Bertz CT molecular complexity index is 474. The summed E-state index contributed by atoms with van der Waals surface area (Å²) in [6.45, 7) is 2.20. The van der Waals surface area contributed by atoms with E-state index in [0.29, 0.717) is 12.2 Å². The average molecular weight is 263 g/mol. The number of imide groups is 1. The number of hydrogen-bond donors (Lipinski definition) is 3. The Labute approximate surface area is 111 Å². The van der Waals surface area contributed by atoms with Crippen molar-refractivity contribution in [2.24, 2.45) is 5.84 Å². The first-order valence-electron chi connectivity index (χ1n) is 6.19. The lowest BCUT2D eigenvalue weighted by Gasteiger charge is -2.13. The Morgan fingerprint density at radius 1 is 1.47 bits per heavy atom. The lowest BCUT2D eigenvalue weighted by atomic mass is 10.1. The number of pyridine rings is 1. The van der Waals surface area contributed by atoms with E-state index in [4.69, 9.17) is 5.84 Å². The summed E-state index contributed by atoms with van der Waals surface area (Å²) in [4.78, 5) is 29.0. The van der Waals surface area contributed by atoms with Crippen LogP contribution in [-0.4, -0.2) is 27.9 Å². The molecule has 1 saturated heterocycles. The number of nitrogens with one attached hydrogen (secondary N) is 2. The maximum absolute atomic E-state index is 12.0. The van der Waals surface area contributed by atoms with Gasteiger partial charge in [-0.3, -0.25) is 9.69 Å². The van der Waals surface area contributed by atoms with E-state index in [9.17, 15) is 9.59 Å². The monoisotopic (exact) mass is 263 g/mol. The molecule has 1 unspecified atom stereocenters. The number of carbonyl (C=O) groups is 2. The Kier molecular flexibility index (Phi) is 3.96. The zero-order valence-electron chi connectivity index (χ0n) is 10.7. The average Bonchev–Trinajstić information content (AvgIpc) is 2.68. The number of aromatic nitrogens is 1. The molecule has 19 heavy (non-hydrogen) atoms. The van der Waals surface area contributed by atoms with E-state index in [-0.39, 0.29) is 18.5 Å². The summed E-state index contributed by atoms with van der Waals surface area (Å²) in [5.41, 5.74) is 3.20. The first-order chi connectivity index (χ1) is 9.15. The summed E-state index contributed by atoms with van der Waals surface area (Å²) >= 11 is 0. The van der Waals surface area contributed by atoms with Crippen LogP contribution in [0.2, 0.25) is 0 Å². The van der Waals surface area contributed by atoms with E-state index in [1.54, 1.807) is 18.3 Å². The van der Waals surface area contributed by atoms with Gasteiger partial charge in [0.25, 0.3) is 5.91 Å². The van der Waals surface area contributed by atoms with Gasteiger partial charge < -0.3 is 10.7 Å². The maximum Gasteiger partial charge on any atom is 0.325 e. The second-order valence-corrected chi connectivity index (χ2v) is 4.41. The van der Waals surface area contributed by atoms with E-state index in [1.807, 2.05) is 6.92 Å². The molecule has 2 heterocycles. The van der Waals surface area contributed by atoms with E-state index < -0.39 is 6.04 Å². The lowest BCUT2D eigenvalue weighted by molar-refractivity contribution is -0.128. The highest BCUT2D eigenvalue weighted by Gasteiger charge is 2.37. The molecule has 1 atom stereocenters. The van der Waals surface area contributed by atoms with Gasteiger partial charge in [0, 0.05) is 6.20 Å². The molecule has 0 spiro atoms. The Balaban J connectivity index is 2.05. The molecule has 4 N–H and O–H groups in total. The second kappa shape index (κ2) is 5.66. The minimum absolute atomic E-state index is 0.173. The number of nitrogens with two attached hydrogens (primary N) is 1. The Morgan fingerprint density at radius 2 is 2.26 bits per heavy atom. The summed E-state index contributed by atoms with van der Waals surface area (Å²) in [5, 5.41) is 2.68. The number of nitrogen functional groups attached to an aromatic ring is 1. The van der Waals surface area contributed by atoms with Gasteiger partial charge in [0.2, 0.25) is 0 Å². The number of rotatable bonds is 5. The van der Waals surface area contributed by atoms with Crippen molar-refractivity contribution in [2.75, 3.05) is 5.43 Å². The van der Waals surface area contributed by atoms with Gasteiger partial charge in [0.05, 0.1) is 6.54 Å². The number of anilines is 1. The van der Waals surface area contributed by atoms with Crippen LogP contribution in [0.4, 0.5) is 10.6 Å². The van der Waals surface area contributed by atoms with Crippen molar-refractivity contribution in [1.29, 1.82) is 0 Å². The number of carbonyl (C=O) groups excluding carboxylic acids is 2. The maximum atomic E-state index is 12.0. The van der Waals surface area contributed by atoms with Gasteiger partial charge in [-0.15, -0.1) is 0 Å². The third-order valence-electron chi connectivity index (χ3n) is 3.00. The fourth-order valence-electron chi connectivity index (χ4n) is 2.00. The number of amides is 3. The molecule has 0 bridgehead atoms. The van der Waals surface area contributed by atoms with E-state index in [1.165, 1.54) is 4.90 Å². The summed E-state index contributed by atoms with van der Waals surface area (Å²) in [5.74, 6) is 5.58. The van der Waals surface area contributed by atoms with Gasteiger partial charge in [-0.05, 0) is 18.1 Å². The van der Waals surface area contributed by atoms with Gasteiger partial charge in [-0.1, -0.05) is 19.4 Å². The van der Waals surface area contributed by atoms with Gasteiger partial charge in [0.15, 0.2) is 0 Å². The highest BCUT2D eigenvalue weighted by Crippen LogP contribution is 2.15. The molecular formula is C12H17N5O2. The minimum Gasteiger partial charge on any atom is -0.326 e. The fourth-order valence-corrected chi connectivity index (χ4v) is 2.00. The number of urea groups is 1. The number of hydrazine groups is 1. The van der Waals surface area contributed by atoms with Crippen molar-refractivity contribution >= 4 is 17.8 Å². The predicted molar refractivity (Wildman–Crippen MR) is 69.8 cm³/mol. The van der Waals surface area contributed by atoms with E-state index in [0.717, 1.165) is 12.0 Å². The summed E-state index contributed by atoms with van der Waals surface area (Å²) in [6, 6.07) is 2.73. The Hall–Kier alpha value is -2.15. The van der Waals surface area contributed by atoms with Crippen LogP contribution in [0.15, 0.2) is 18.3 Å². The zero-order valence-corrected chi connectivity index (χ0v) is 10.7. The third kappa shape index (κ3) is 2.82. The van der Waals surface area contributed by atoms with Gasteiger partial charge in [0.1, 0.15) is 11.9 Å². The standard InChI is InChI=1S/C12H17N5O2/c1-2-3-9-11(18)17(12(19)15-9)7-8-4-5-10(16-13)14-6-8/h4-6,9H,2-3,7,13H2,1H3,(H,14,16)(H,15,19). The molecule has 102 valence electrons. The van der Waals surface area contributed by atoms with E-state index in [2.05, 4.69) is 15.7 Å². The molecule has 1 aliphatic heterocycles. The van der Waals surface area contributed by atoms with Crippen molar-refractivity contribution < 1.29 is 9.59 Å². The summed E-state index contributed by atoms with van der Waals surface area (Å²) in [7, 11) is 0. The fraction of sp³-hybridized carbons (Fsp3) is 0.417. The molecule has 7 nitrogen and oxygen atoms in total. The quantitative estimate of drug-likeness (QED) is 0.410. The van der Waals surface area contributed by atoms with Crippen LogP contribution in [0.1, 0.15) is 25.3 Å². The number of nitrogens with zero attached hydrogens (tertiary/aromatic N) is 2. The summed E-state index contributed by atoms with van der Waals surface area (Å²) < 4.78 is 0. The Morgan fingerprint density at radius 3 is 2.84 bits per heavy atom. The van der Waals surface area contributed by atoms with Crippen LogP contribution in [0.5, 0.6) is 0 Å². The van der Waals surface area contributed by atoms with Crippen molar-refractivity contribution in [1.82, 2.24) is 15.2 Å². The third-order valence-corrected chi connectivity index (χ3v) is 3.00. The van der Waals surface area contributed by atoms with Crippen LogP contribution in [0.25, 0.3) is 0 Å². The molecule has 1 aromatic rings. The van der Waals surface area contributed by atoms with Gasteiger partial charge in [-0.25, -0.2) is 15.6 Å². The molecule has 0 aliphatic carbocycles. The van der Waals surface area contributed by atoms with Crippen LogP contribution in [-0.2, 0) is 11.3 Å². The molecule has 3 amide bonds. The molecule has 1 aliphatic rings. The molecule has 0 aromatic carbocycles. The molecule has 0 saturated carbocycles. The first kappa shape index (κ1) is 13.3. The van der Waals surface area contributed by atoms with E-state index >= 15 is 0 Å². The normalized spacial score (nSPS) is 18.6. The zero-order chi connectivity index (χ0) is 13.8. The summed E-state index contributed by atoms with van der Waals surface area (Å²) in [6.07, 6.45) is 3.10. The molecular weight excluding hydrogens is 246 g/mol. The van der Waals surface area contributed by atoms with Crippen molar-refractivity contribution in [3.8, 4) is 0 Å². The largest absolute Gasteiger partial charge is 0.326 e. The van der Waals surface area contributed by atoms with Crippen LogP contribution in [0.3, 0.4) is 0 Å². The van der Waals surface area contributed by atoms with Gasteiger partial charge in [-0.2, -0.15) is 0 Å². The molecule has 0 radical (unpaired) electrons. The molecule has 1 aromatic heterocycles. The highest BCUT2D eigenvalue weighted by atomic mass is 16.2. The lowest BCUT2D eigenvalue weighted by Crippen LogP contribution is -2.31. The van der Waals surface area contributed by atoms with Crippen LogP contribution < -0.4 is 16.6 Å². The molecule has 2 rings (SSSR count). The highest BCUT2D eigenvalue weighted by molar-refractivity contribution is 6.04.